The minimum Gasteiger partial charge on any atom is -0.385 e. The zero-order valence-corrected chi connectivity index (χ0v) is 14.6. The molecule has 3 atom stereocenters. The van der Waals surface area contributed by atoms with Crippen molar-refractivity contribution in [1.29, 1.82) is 0 Å². The number of pyridine rings is 1. The van der Waals surface area contributed by atoms with Crippen molar-refractivity contribution < 1.29 is 5.11 Å². The van der Waals surface area contributed by atoms with Gasteiger partial charge in [-0.15, -0.1) is 0 Å². The first kappa shape index (κ1) is 15.6. The van der Waals surface area contributed by atoms with Gasteiger partial charge in [0.2, 0.25) is 0 Å². The summed E-state index contributed by atoms with van der Waals surface area (Å²) in [6, 6.07) is 14.6. The fourth-order valence-corrected chi connectivity index (χ4v) is 4.81. The van der Waals surface area contributed by atoms with Crippen molar-refractivity contribution in [3.63, 3.8) is 0 Å². The fourth-order valence-electron chi connectivity index (χ4n) is 4.81. The maximum atomic E-state index is 11.5. The minimum atomic E-state index is -0.684. The quantitative estimate of drug-likeness (QED) is 0.913. The Labute approximate surface area is 144 Å². The molecule has 24 heavy (non-hydrogen) atoms. The van der Waals surface area contributed by atoms with Crippen LogP contribution in [0, 0.1) is 25.7 Å². The normalized spacial score (nSPS) is 29.5. The van der Waals surface area contributed by atoms with Crippen LogP contribution in [0.3, 0.4) is 0 Å². The number of nitrogens with zero attached hydrogens (tertiary/aromatic N) is 2. The molecule has 0 radical (unpaired) electrons. The lowest BCUT2D eigenvalue weighted by Crippen LogP contribution is -2.42. The van der Waals surface area contributed by atoms with E-state index in [1.165, 1.54) is 12.1 Å². The molecular weight excluding hydrogens is 296 g/mol. The average molecular weight is 322 g/mol. The van der Waals surface area contributed by atoms with E-state index in [4.69, 9.17) is 0 Å². The van der Waals surface area contributed by atoms with Crippen molar-refractivity contribution in [1.82, 2.24) is 4.98 Å². The summed E-state index contributed by atoms with van der Waals surface area (Å²) in [5, 5.41) is 11.5. The number of rotatable bonds is 2. The smallest absolute Gasteiger partial charge is 0.0944 e. The van der Waals surface area contributed by atoms with Crippen LogP contribution in [0.15, 0.2) is 42.5 Å². The molecule has 4 rings (SSSR count). The fraction of sp³-hybridized carbons (Fsp3) is 0.476. The number of aliphatic hydroxyl groups is 1. The second-order valence-electron chi connectivity index (χ2n) is 7.56. The van der Waals surface area contributed by atoms with Crippen molar-refractivity contribution in [3.8, 4) is 0 Å². The highest BCUT2D eigenvalue weighted by atomic mass is 16.3. The van der Waals surface area contributed by atoms with Gasteiger partial charge < -0.3 is 10.0 Å². The van der Waals surface area contributed by atoms with Crippen LogP contribution >= 0.6 is 0 Å². The largest absolute Gasteiger partial charge is 0.385 e. The lowest BCUT2D eigenvalue weighted by atomic mass is 9.67. The molecule has 0 unspecified atom stereocenters. The maximum Gasteiger partial charge on any atom is 0.0944 e. The van der Waals surface area contributed by atoms with Gasteiger partial charge >= 0.3 is 0 Å². The van der Waals surface area contributed by atoms with Crippen LogP contribution in [-0.2, 0) is 5.60 Å². The Balaban J connectivity index is 1.65. The van der Waals surface area contributed by atoms with E-state index in [-0.39, 0.29) is 0 Å². The third-order valence-electron chi connectivity index (χ3n) is 5.89. The lowest BCUT2D eigenvalue weighted by Gasteiger charge is -2.41. The average Bonchev–Trinajstić information content (AvgIpc) is 3.01. The molecule has 3 heteroatoms. The second kappa shape index (κ2) is 5.89. The number of aryl methyl sites for hydroxylation is 2. The molecule has 3 nitrogen and oxygen atoms in total. The predicted molar refractivity (Wildman–Crippen MR) is 97.1 cm³/mol. The summed E-state index contributed by atoms with van der Waals surface area (Å²) in [5.74, 6) is 0.875. The van der Waals surface area contributed by atoms with Gasteiger partial charge in [0.25, 0.3) is 0 Å². The van der Waals surface area contributed by atoms with Crippen molar-refractivity contribution in [3.05, 3.63) is 59.4 Å². The number of hydrogen-bond acceptors (Lipinski definition) is 3. The Bertz CT molecular complexity index is 710. The van der Waals surface area contributed by atoms with Crippen LogP contribution in [-0.4, -0.2) is 23.2 Å². The molecule has 0 bridgehead atoms. The van der Waals surface area contributed by atoms with E-state index in [1.54, 1.807) is 0 Å². The third-order valence-corrected chi connectivity index (χ3v) is 5.89. The van der Waals surface area contributed by atoms with E-state index in [0.717, 1.165) is 42.9 Å². The van der Waals surface area contributed by atoms with E-state index in [2.05, 4.69) is 48.0 Å². The molecule has 2 fully saturated rings. The number of aromatic nitrogens is 1. The molecule has 0 amide bonds. The molecular formula is C21H26N2O. The first-order valence-corrected chi connectivity index (χ1v) is 9.04. The van der Waals surface area contributed by atoms with Crippen LogP contribution < -0.4 is 4.90 Å². The van der Waals surface area contributed by atoms with E-state index in [9.17, 15) is 5.11 Å². The molecule has 1 aromatic carbocycles. The van der Waals surface area contributed by atoms with Gasteiger partial charge in [0.15, 0.2) is 0 Å². The number of benzene rings is 1. The summed E-state index contributed by atoms with van der Waals surface area (Å²) in [7, 11) is 0. The molecule has 1 aliphatic heterocycles. The van der Waals surface area contributed by atoms with Gasteiger partial charge in [0.1, 0.15) is 0 Å². The Kier molecular flexibility index (Phi) is 3.84. The monoisotopic (exact) mass is 322 g/mol. The first-order chi connectivity index (χ1) is 11.6. The molecule has 1 N–H and O–H groups in total. The summed E-state index contributed by atoms with van der Waals surface area (Å²) in [6.45, 7) is 6.08. The molecule has 2 aromatic rings. The van der Waals surface area contributed by atoms with E-state index in [1.807, 2.05) is 18.2 Å². The van der Waals surface area contributed by atoms with Gasteiger partial charge in [-0.3, -0.25) is 4.98 Å². The predicted octanol–water partition coefficient (Wildman–Crippen LogP) is 3.82. The molecule has 1 aliphatic carbocycles. The van der Waals surface area contributed by atoms with Gasteiger partial charge in [-0.2, -0.15) is 0 Å². The van der Waals surface area contributed by atoms with Crippen LogP contribution in [0.2, 0.25) is 0 Å². The van der Waals surface area contributed by atoms with Gasteiger partial charge in [-0.1, -0.05) is 30.3 Å². The van der Waals surface area contributed by atoms with E-state index >= 15 is 0 Å². The standard InChI is InChI=1S/C21H26N2O/c1-15-11-19(12-16(2)22-15)23-13-17-7-6-10-21(24,20(17)14-23)18-8-4-3-5-9-18/h3-5,8-9,11-12,17,20,24H,6-7,10,13-14H2,1-2H3/t17-,20+,21+/m1/s1. The summed E-state index contributed by atoms with van der Waals surface area (Å²) in [6.07, 6.45) is 3.20. The van der Waals surface area contributed by atoms with Gasteiger partial charge in [-0.25, -0.2) is 0 Å². The van der Waals surface area contributed by atoms with E-state index in [0.29, 0.717) is 11.8 Å². The van der Waals surface area contributed by atoms with Crippen LogP contribution in [0.25, 0.3) is 0 Å². The Morgan fingerprint density at radius 2 is 1.79 bits per heavy atom. The van der Waals surface area contributed by atoms with Gasteiger partial charge in [0, 0.05) is 36.1 Å². The molecule has 1 saturated carbocycles. The molecule has 0 spiro atoms. The topological polar surface area (TPSA) is 36.4 Å². The van der Waals surface area contributed by atoms with Crippen LogP contribution in [0.4, 0.5) is 5.69 Å². The number of hydrogen-bond donors (Lipinski definition) is 1. The SMILES string of the molecule is Cc1cc(N2C[C@H]3CCC[C@](O)(c4ccccc4)[C@H]3C2)cc(C)n1. The maximum absolute atomic E-state index is 11.5. The molecule has 1 saturated heterocycles. The molecule has 126 valence electrons. The lowest BCUT2D eigenvalue weighted by molar-refractivity contribution is -0.0631. The third kappa shape index (κ3) is 2.61. The Hall–Kier alpha value is -1.87. The molecule has 1 aromatic heterocycles. The van der Waals surface area contributed by atoms with Crippen molar-refractivity contribution >= 4 is 5.69 Å². The van der Waals surface area contributed by atoms with Gasteiger partial charge in [-0.05, 0) is 56.7 Å². The highest BCUT2D eigenvalue weighted by Gasteiger charge is 2.49. The van der Waals surface area contributed by atoms with Gasteiger partial charge in [0.05, 0.1) is 5.60 Å². The Morgan fingerprint density at radius 1 is 1.08 bits per heavy atom. The van der Waals surface area contributed by atoms with E-state index < -0.39 is 5.60 Å². The van der Waals surface area contributed by atoms with Crippen molar-refractivity contribution in [2.75, 3.05) is 18.0 Å². The molecule has 2 aliphatic rings. The Morgan fingerprint density at radius 3 is 2.50 bits per heavy atom. The molecule has 2 heterocycles. The first-order valence-electron chi connectivity index (χ1n) is 9.04. The van der Waals surface area contributed by atoms with Crippen molar-refractivity contribution in [2.24, 2.45) is 11.8 Å². The number of anilines is 1. The highest BCUT2D eigenvalue weighted by Crippen LogP contribution is 2.48. The van der Waals surface area contributed by atoms with Crippen LogP contribution in [0.1, 0.15) is 36.2 Å². The summed E-state index contributed by atoms with van der Waals surface area (Å²) in [4.78, 5) is 6.95. The van der Waals surface area contributed by atoms with Crippen molar-refractivity contribution in [2.45, 2.75) is 38.7 Å². The second-order valence-corrected chi connectivity index (χ2v) is 7.56. The summed E-state index contributed by atoms with van der Waals surface area (Å²) >= 11 is 0. The van der Waals surface area contributed by atoms with Crippen LogP contribution in [0.5, 0.6) is 0 Å². The zero-order valence-electron chi connectivity index (χ0n) is 14.6. The number of fused-ring (bicyclic) bond motifs is 1. The minimum absolute atomic E-state index is 0.308. The highest BCUT2D eigenvalue weighted by molar-refractivity contribution is 5.50. The zero-order chi connectivity index (χ0) is 16.7. The summed E-state index contributed by atoms with van der Waals surface area (Å²) in [5.41, 5.74) is 3.79. The summed E-state index contributed by atoms with van der Waals surface area (Å²) < 4.78 is 0.